The number of carbonyl (C=O) groups excluding carboxylic acids is 1. The number of ether oxygens (including phenoxy) is 1. The van der Waals surface area contributed by atoms with Crippen molar-refractivity contribution in [3.05, 3.63) is 52.3 Å². The van der Waals surface area contributed by atoms with Crippen LogP contribution < -0.4 is 10.6 Å². The number of anilines is 2. The van der Waals surface area contributed by atoms with E-state index in [0.717, 1.165) is 15.9 Å². The Morgan fingerprint density at radius 3 is 2.71 bits per heavy atom. The topological polar surface area (TPSA) is 68.5 Å². The number of halogens is 1. The number of hydrogen-bond acceptors (Lipinski definition) is 5. The highest BCUT2D eigenvalue weighted by atomic mass is 79.9. The minimum Gasteiger partial charge on any atom is -0.465 e. The highest BCUT2D eigenvalue weighted by Gasteiger charge is 2.09. The Balaban J connectivity index is 2.12. The second kappa shape index (κ2) is 6.58. The van der Waals surface area contributed by atoms with Crippen LogP contribution in [0.25, 0.3) is 0 Å². The molecule has 0 saturated heterocycles. The molecule has 0 aliphatic carbocycles. The SMILES string of the molecule is COC(=O)c1ccc(CN(C)c2ccc(Br)cc2N)nc1. The molecule has 0 aliphatic rings. The van der Waals surface area contributed by atoms with Crippen molar-refractivity contribution in [2.24, 2.45) is 0 Å². The Hall–Kier alpha value is -2.08. The van der Waals surface area contributed by atoms with Crippen LogP contribution in [0, 0.1) is 0 Å². The molecule has 0 saturated carbocycles. The van der Waals surface area contributed by atoms with Gasteiger partial charge in [-0.25, -0.2) is 4.79 Å². The molecule has 21 heavy (non-hydrogen) atoms. The van der Waals surface area contributed by atoms with Crippen LogP contribution >= 0.6 is 15.9 Å². The largest absolute Gasteiger partial charge is 0.465 e. The van der Waals surface area contributed by atoms with Gasteiger partial charge in [-0.2, -0.15) is 0 Å². The normalized spacial score (nSPS) is 10.2. The summed E-state index contributed by atoms with van der Waals surface area (Å²) in [5, 5.41) is 0. The molecule has 2 rings (SSSR count). The Labute approximate surface area is 131 Å². The van der Waals surface area contributed by atoms with Crippen molar-refractivity contribution in [1.82, 2.24) is 4.98 Å². The molecule has 110 valence electrons. The van der Waals surface area contributed by atoms with Crippen molar-refractivity contribution in [3.63, 3.8) is 0 Å². The van der Waals surface area contributed by atoms with E-state index in [2.05, 4.69) is 25.7 Å². The number of carbonyl (C=O) groups is 1. The lowest BCUT2D eigenvalue weighted by atomic mass is 10.2. The molecule has 1 aromatic carbocycles. The third-order valence-electron chi connectivity index (χ3n) is 3.05. The van der Waals surface area contributed by atoms with E-state index in [4.69, 9.17) is 5.73 Å². The van der Waals surface area contributed by atoms with E-state index < -0.39 is 0 Å². The molecule has 2 N–H and O–H groups in total. The van der Waals surface area contributed by atoms with Crippen molar-refractivity contribution in [3.8, 4) is 0 Å². The Morgan fingerprint density at radius 2 is 2.14 bits per heavy atom. The summed E-state index contributed by atoms with van der Waals surface area (Å²) in [5.74, 6) is -0.389. The molecule has 0 bridgehead atoms. The highest BCUT2D eigenvalue weighted by Crippen LogP contribution is 2.26. The molecule has 0 fully saturated rings. The van der Waals surface area contributed by atoms with Gasteiger partial charge in [-0.3, -0.25) is 4.98 Å². The molecule has 0 aliphatic heterocycles. The third-order valence-corrected chi connectivity index (χ3v) is 3.54. The number of pyridine rings is 1. The zero-order valence-corrected chi connectivity index (χ0v) is 13.4. The average Bonchev–Trinajstić information content (AvgIpc) is 2.47. The summed E-state index contributed by atoms with van der Waals surface area (Å²) in [6.07, 6.45) is 1.51. The van der Waals surface area contributed by atoms with E-state index in [1.807, 2.05) is 30.1 Å². The average molecular weight is 350 g/mol. The molecule has 0 radical (unpaired) electrons. The summed E-state index contributed by atoms with van der Waals surface area (Å²) in [7, 11) is 3.29. The maximum atomic E-state index is 11.4. The summed E-state index contributed by atoms with van der Waals surface area (Å²) in [6.45, 7) is 0.591. The molecule has 5 nitrogen and oxygen atoms in total. The molecule has 1 heterocycles. The van der Waals surface area contributed by atoms with Gasteiger partial charge < -0.3 is 15.4 Å². The first-order valence-corrected chi connectivity index (χ1v) is 7.10. The maximum absolute atomic E-state index is 11.4. The fourth-order valence-corrected chi connectivity index (χ4v) is 2.34. The summed E-state index contributed by atoms with van der Waals surface area (Å²) < 4.78 is 5.59. The lowest BCUT2D eigenvalue weighted by molar-refractivity contribution is 0.0600. The highest BCUT2D eigenvalue weighted by molar-refractivity contribution is 9.10. The fraction of sp³-hybridized carbons (Fsp3) is 0.200. The van der Waals surface area contributed by atoms with E-state index in [0.29, 0.717) is 17.8 Å². The van der Waals surface area contributed by atoms with Crippen molar-refractivity contribution < 1.29 is 9.53 Å². The molecule has 0 amide bonds. The lowest BCUT2D eigenvalue weighted by Gasteiger charge is -2.21. The maximum Gasteiger partial charge on any atom is 0.339 e. The smallest absolute Gasteiger partial charge is 0.339 e. The zero-order valence-electron chi connectivity index (χ0n) is 11.8. The molecule has 0 unspecified atom stereocenters. The number of methoxy groups -OCH3 is 1. The van der Waals surface area contributed by atoms with Crippen molar-refractivity contribution >= 4 is 33.3 Å². The van der Waals surface area contributed by atoms with E-state index in [1.54, 1.807) is 12.1 Å². The second-order valence-electron chi connectivity index (χ2n) is 4.59. The van der Waals surface area contributed by atoms with Gasteiger partial charge in [0, 0.05) is 17.7 Å². The van der Waals surface area contributed by atoms with Gasteiger partial charge in [-0.15, -0.1) is 0 Å². The van der Waals surface area contributed by atoms with Gasteiger partial charge in [0.05, 0.1) is 36.3 Å². The van der Waals surface area contributed by atoms with Gasteiger partial charge in [0.15, 0.2) is 0 Å². The minimum absolute atomic E-state index is 0.389. The fourth-order valence-electron chi connectivity index (χ4n) is 1.96. The second-order valence-corrected chi connectivity index (χ2v) is 5.50. The molecular weight excluding hydrogens is 334 g/mol. The zero-order chi connectivity index (χ0) is 15.4. The number of rotatable bonds is 4. The predicted molar refractivity (Wildman–Crippen MR) is 86.2 cm³/mol. The number of aromatic nitrogens is 1. The summed E-state index contributed by atoms with van der Waals surface area (Å²) in [6, 6.07) is 9.25. The van der Waals surface area contributed by atoms with Gasteiger partial charge in [0.25, 0.3) is 0 Å². The van der Waals surface area contributed by atoms with Crippen LogP contribution in [0.5, 0.6) is 0 Å². The number of nitrogen functional groups attached to an aromatic ring is 1. The van der Waals surface area contributed by atoms with Crippen molar-refractivity contribution in [1.29, 1.82) is 0 Å². The first-order valence-electron chi connectivity index (χ1n) is 6.30. The number of nitrogens with zero attached hydrogens (tertiary/aromatic N) is 2. The molecule has 0 atom stereocenters. The van der Waals surface area contributed by atoms with Gasteiger partial charge in [0.1, 0.15) is 0 Å². The number of nitrogens with two attached hydrogens (primary N) is 1. The number of benzene rings is 1. The number of hydrogen-bond donors (Lipinski definition) is 1. The minimum atomic E-state index is -0.389. The van der Waals surface area contributed by atoms with Gasteiger partial charge >= 0.3 is 5.97 Å². The van der Waals surface area contributed by atoms with Crippen LogP contribution in [0.2, 0.25) is 0 Å². The van der Waals surface area contributed by atoms with E-state index in [-0.39, 0.29) is 5.97 Å². The lowest BCUT2D eigenvalue weighted by Crippen LogP contribution is -2.18. The van der Waals surface area contributed by atoms with Gasteiger partial charge in [0.2, 0.25) is 0 Å². The van der Waals surface area contributed by atoms with Crippen LogP contribution in [0.4, 0.5) is 11.4 Å². The van der Waals surface area contributed by atoms with Crippen molar-refractivity contribution in [2.45, 2.75) is 6.54 Å². The first-order chi connectivity index (χ1) is 10.0. The van der Waals surface area contributed by atoms with Gasteiger partial charge in [-0.1, -0.05) is 15.9 Å². The quantitative estimate of drug-likeness (QED) is 0.678. The summed E-state index contributed by atoms with van der Waals surface area (Å²) >= 11 is 3.39. The van der Waals surface area contributed by atoms with Crippen LogP contribution in [-0.2, 0) is 11.3 Å². The Bertz CT molecular complexity index is 644. The summed E-state index contributed by atoms with van der Waals surface area (Å²) in [4.78, 5) is 17.6. The van der Waals surface area contributed by atoms with Crippen LogP contribution in [0.15, 0.2) is 41.0 Å². The molecule has 6 heteroatoms. The van der Waals surface area contributed by atoms with E-state index >= 15 is 0 Å². The third kappa shape index (κ3) is 3.72. The Morgan fingerprint density at radius 1 is 1.38 bits per heavy atom. The van der Waals surface area contributed by atoms with E-state index in [9.17, 15) is 4.79 Å². The van der Waals surface area contributed by atoms with Crippen LogP contribution in [-0.4, -0.2) is 25.1 Å². The van der Waals surface area contributed by atoms with Crippen molar-refractivity contribution in [2.75, 3.05) is 24.8 Å². The molecule has 0 spiro atoms. The molecule has 2 aromatic rings. The van der Waals surface area contributed by atoms with E-state index in [1.165, 1.54) is 13.3 Å². The predicted octanol–water partition coefficient (Wildman–Crippen LogP) is 2.85. The van der Waals surface area contributed by atoms with Gasteiger partial charge in [-0.05, 0) is 30.3 Å². The standard InChI is InChI=1S/C15H16BrN3O2/c1-19(14-6-4-11(16)7-13(14)17)9-12-5-3-10(8-18-12)15(20)21-2/h3-8H,9,17H2,1-2H3. The Kier molecular flexibility index (Phi) is 4.80. The first kappa shape index (κ1) is 15.3. The monoisotopic (exact) mass is 349 g/mol. The molecular formula is C15H16BrN3O2. The van der Waals surface area contributed by atoms with Crippen LogP contribution in [0.3, 0.4) is 0 Å². The molecule has 1 aromatic heterocycles. The summed E-state index contributed by atoms with van der Waals surface area (Å²) in [5.41, 5.74) is 8.90. The number of esters is 1. The van der Waals surface area contributed by atoms with Crippen LogP contribution in [0.1, 0.15) is 16.1 Å².